The van der Waals surface area contributed by atoms with E-state index >= 15 is 0 Å². The van der Waals surface area contributed by atoms with E-state index in [1.54, 1.807) is 34.6 Å². The number of aliphatic hydroxyl groups is 3. The predicted molar refractivity (Wildman–Crippen MR) is 64.2 cm³/mol. The van der Waals surface area contributed by atoms with E-state index in [-0.39, 0.29) is 12.2 Å². The monoisotopic (exact) mass is 234 g/mol. The summed E-state index contributed by atoms with van der Waals surface area (Å²) < 4.78 is 0. The maximum absolute atomic E-state index is 10.3. The van der Waals surface area contributed by atoms with Gasteiger partial charge in [0.2, 0.25) is 0 Å². The van der Waals surface area contributed by atoms with Crippen molar-refractivity contribution in [2.75, 3.05) is 0 Å². The molecule has 0 radical (unpaired) electrons. The van der Waals surface area contributed by atoms with Crippen LogP contribution < -0.4 is 0 Å². The first-order valence-corrected chi connectivity index (χ1v) is 5.46. The molecular weight excluding hydrogens is 208 g/mol. The van der Waals surface area contributed by atoms with Crippen molar-refractivity contribution < 1.29 is 20.1 Å². The van der Waals surface area contributed by atoms with Crippen molar-refractivity contribution in [3.8, 4) is 0 Å². The van der Waals surface area contributed by atoms with Gasteiger partial charge in [-0.3, -0.25) is 4.79 Å². The summed E-state index contributed by atoms with van der Waals surface area (Å²) in [5, 5.41) is 26.7. The molecule has 0 spiro atoms. The Hall–Kier alpha value is -0.450. The van der Waals surface area contributed by atoms with Gasteiger partial charge in [0.05, 0.1) is 17.3 Å². The van der Waals surface area contributed by atoms with Crippen LogP contribution in [0.1, 0.15) is 54.4 Å². The molecular formula is C12H26O4. The maximum Gasteiger partial charge on any atom is 0.132 e. The third-order valence-electron chi connectivity index (χ3n) is 1.48. The Kier molecular flexibility index (Phi) is 7.83. The highest BCUT2D eigenvalue weighted by Crippen LogP contribution is 2.09. The van der Waals surface area contributed by atoms with E-state index in [0.29, 0.717) is 6.42 Å². The molecule has 0 aliphatic rings. The van der Waals surface area contributed by atoms with Crippen molar-refractivity contribution in [2.45, 2.75) is 71.7 Å². The molecule has 4 heteroatoms. The Bertz CT molecular complexity index is 196. The minimum absolute atomic E-state index is 0.0255. The second-order valence-corrected chi connectivity index (χ2v) is 5.56. The van der Waals surface area contributed by atoms with Gasteiger partial charge in [0, 0.05) is 12.8 Å². The summed E-state index contributed by atoms with van der Waals surface area (Å²) >= 11 is 0. The Morgan fingerprint density at radius 1 is 1.12 bits per heavy atom. The molecule has 1 unspecified atom stereocenters. The van der Waals surface area contributed by atoms with Crippen molar-refractivity contribution >= 4 is 5.78 Å². The first-order valence-electron chi connectivity index (χ1n) is 5.46. The molecule has 16 heavy (non-hydrogen) atoms. The fourth-order valence-corrected chi connectivity index (χ4v) is 1.33. The Morgan fingerprint density at radius 3 is 1.50 bits per heavy atom. The van der Waals surface area contributed by atoms with E-state index in [1.807, 2.05) is 0 Å². The molecule has 0 aromatic rings. The first kappa shape index (κ1) is 17.9. The summed E-state index contributed by atoms with van der Waals surface area (Å²) in [5.74, 6) is 0.0255. The largest absolute Gasteiger partial charge is 0.393 e. The molecule has 0 aliphatic heterocycles. The Morgan fingerprint density at radius 2 is 1.50 bits per heavy atom. The topological polar surface area (TPSA) is 77.8 Å². The molecule has 98 valence electrons. The van der Waals surface area contributed by atoms with Gasteiger partial charge in [-0.05, 0) is 41.5 Å². The minimum atomic E-state index is -0.828. The predicted octanol–water partition coefficient (Wildman–Crippen LogP) is 1.26. The van der Waals surface area contributed by atoms with Crippen LogP contribution in [-0.2, 0) is 4.79 Å². The third kappa shape index (κ3) is 23.4. The van der Waals surface area contributed by atoms with Crippen molar-refractivity contribution in [2.24, 2.45) is 0 Å². The lowest BCUT2D eigenvalue weighted by Gasteiger charge is -2.17. The quantitative estimate of drug-likeness (QED) is 0.684. The summed E-state index contributed by atoms with van der Waals surface area (Å²) in [6, 6.07) is 0. The SMILES string of the molecule is CC(=O)CC(C)(C)O.CC(O)CC(C)(C)O. The second-order valence-electron chi connectivity index (χ2n) is 5.56. The molecule has 0 saturated heterocycles. The van der Waals surface area contributed by atoms with Crippen molar-refractivity contribution in [1.82, 2.24) is 0 Å². The number of Topliss-reactive ketones (excluding diaryl/α,β-unsaturated/α-hetero) is 1. The summed E-state index contributed by atoms with van der Waals surface area (Å²) in [6.07, 6.45) is 0.273. The molecule has 1 atom stereocenters. The fraction of sp³-hybridized carbons (Fsp3) is 0.917. The lowest BCUT2D eigenvalue weighted by atomic mass is 10.0. The zero-order valence-electron chi connectivity index (χ0n) is 11.2. The van der Waals surface area contributed by atoms with Crippen LogP contribution in [0.25, 0.3) is 0 Å². The number of hydrogen-bond acceptors (Lipinski definition) is 4. The maximum atomic E-state index is 10.3. The van der Waals surface area contributed by atoms with Gasteiger partial charge in [-0.15, -0.1) is 0 Å². The number of carbonyl (C=O) groups is 1. The van der Waals surface area contributed by atoms with Crippen molar-refractivity contribution in [3.63, 3.8) is 0 Å². The van der Waals surface area contributed by atoms with Crippen LogP contribution in [0, 0.1) is 0 Å². The molecule has 0 bridgehead atoms. The van der Waals surface area contributed by atoms with Crippen molar-refractivity contribution in [3.05, 3.63) is 0 Å². The van der Waals surface area contributed by atoms with Gasteiger partial charge in [-0.25, -0.2) is 0 Å². The number of aliphatic hydroxyl groups excluding tert-OH is 1. The molecule has 0 aromatic heterocycles. The molecule has 0 fully saturated rings. The van der Waals surface area contributed by atoms with E-state index in [2.05, 4.69) is 0 Å². The fourth-order valence-electron chi connectivity index (χ4n) is 1.33. The van der Waals surface area contributed by atoms with Gasteiger partial charge in [-0.1, -0.05) is 0 Å². The second kappa shape index (κ2) is 6.99. The van der Waals surface area contributed by atoms with Gasteiger partial charge < -0.3 is 15.3 Å². The Labute approximate surface area is 98.3 Å². The van der Waals surface area contributed by atoms with E-state index in [0.717, 1.165) is 0 Å². The van der Waals surface area contributed by atoms with Crippen LogP contribution in [0.2, 0.25) is 0 Å². The molecule has 0 amide bonds. The zero-order valence-corrected chi connectivity index (χ0v) is 11.2. The van der Waals surface area contributed by atoms with E-state index in [1.165, 1.54) is 6.92 Å². The van der Waals surface area contributed by atoms with Gasteiger partial charge in [0.25, 0.3) is 0 Å². The van der Waals surface area contributed by atoms with Gasteiger partial charge >= 0.3 is 0 Å². The summed E-state index contributed by atoms with van der Waals surface area (Å²) in [6.45, 7) is 9.73. The first-order chi connectivity index (χ1) is 6.83. The molecule has 3 N–H and O–H groups in total. The molecule has 0 rings (SSSR count). The smallest absolute Gasteiger partial charge is 0.132 e. The summed E-state index contributed by atoms with van der Waals surface area (Å²) in [4.78, 5) is 10.3. The summed E-state index contributed by atoms with van der Waals surface area (Å²) in [7, 11) is 0. The highest BCUT2D eigenvalue weighted by Gasteiger charge is 2.14. The molecule has 0 saturated carbocycles. The van der Waals surface area contributed by atoms with Gasteiger partial charge in [-0.2, -0.15) is 0 Å². The molecule has 4 nitrogen and oxygen atoms in total. The van der Waals surface area contributed by atoms with E-state index in [4.69, 9.17) is 15.3 Å². The lowest BCUT2D eigenvalue weighted by Crippen LogP contribution is -2.24. The van der Waals surface area contributed by atoms with Crippen LogP contribution in [0.15, 0.2) is 0 Å². The highest BCUT2D eigenvalue weighted by molar-refractivity contribution is 5.76. The number of carbonyl (C=O) groups excluding carboxylic acids is 1. The van der Waals surface area contributed by atoms with Crippen LogP contribution in [-0.4, -0.2) is 38.4 Å². The zero-order chi connectivity index (χ0) is 13.6. The number of hydrogen-bond donors (Lipinski definition) is 3. The van der Waals surface area contributed by atoms with Gasteiger partial charge in [0.1, 0.15) is 5.78 Å². The lowest BCUT2D eigenvalue weighted by molar-refractivity contribution is -0.120. The summed E-state index contributed by atoms with van der Waals surface area (Å²) in [5.41, 5.74) is -1.56. The van der Waals surface area contributed by atoms with E-state index in [9.17, 15) is 4.79 Å². The highest BCUT2D eigenvalue weighted by atomic mass is 16.3. The van der Waals surface area contributed by atoms with E-state index < -0.39 is 17.3 Å². The van der Waals surface area contributed by atoms with Crippen molar-refractivity contribution in [1.29, 1.82) is 0 Å². The van der Waals surface area contributed by atoms with Crippen LogP contribution in [0.5, 0.6) is 0 Å². The Balaban J connectivity index is 0. The van der Waals surface area contributed by atoms with Crippen LogP contribution >= 0.6 is 0 Å². The van der Waals surface area contributed by atoms with Crippen LogP contribution in [0.4, 0.5) is 0 Å². The average Bonchev–Trinajstić information content (AvgIpc) is 1.72. The van der Waals surface area contributed by atoms with Crippen LogP contribution in [0.3, 0.4) is 0 Å². The minimum Gasteiger partial charge on any atom is -0.393 e. The number of rotatable bonds is 4. The number of ketones is 1. The molecule has 0 aromatic carbocycles. The molecule has 0 heterocycles. The average molecular weight is 234 g/mol. The standard InChI is InChI=1S/C6H14O2.C6H12O2/c2*1-5(7)4-6(2,3)8/h5,7-8H,4H2,1-3H3;8H,4H2,1-3H3. The molecule has 0 aliphatic carbocycles. The third-order valence-corrected chi connectivity index (χ3v) is 1.48. The van der Waals surface area contributed by atoms with Gasteiger partial charge in [0.15, 0.2) is 0 Å². The normalized spacial score (nSPS) is 13.8.